The smallest absolute Gasteiger partial charge is 0.220 e. The molecule has 2 atom stereocenters. The summed E-state index contributed by atoms with van der Waals surface area (Å²) in [4.78, 5) is 12.0. The van der Waals surface area contributed by atoms with Crippen molar-refractivity contribution in [2.45, 2.75) is 135 Å². The fourth-order valence-corrected chi connectivity index (χ4v) is 3.47. The van der Waals surface area contributed by atoms with Gasteiger partial charge in [0.1, 0.15) is 0 Å². The van der Waals surface area contributed by atoms with Crippen LogP contribution in [-0.4, -0.2) is 34.9 Å². The van der Waals surface area contributed by atoms with E-state index in [0.29, 0.717) is 12.8 Å². The Morgan fingerprint density at radius 3 is 1.67 bits per heavy atom. The second-order valence-electron chi connectivity index (χ2n) is 8.06. The lowest BCUT2D eigenvalue weighted by molar-refractivity contribution is -0.123. The van der Waals surface area contributed by atoms with Crippen LogP contribution in [0.4, 0.5) is 0 Å². The van der Waals surface area contributed by atoms with Gasteiger partial charge in [-0.15, -0.1) is 0 Å². The number of amides is 1. The van der Waals surface area contributed by atoms with Crippen LogP contribution in [0.5, 0.6) is 0 Å². The minimum Gasteiger partial charge on any atom is -0.394 e. The first kappa shape index (κ1) is 26.4. The number of nitrogens with one attached hydrogen (secondary N) is 1. The summed E-state index contributed by atoms with van der Waals surface area (Å²) in [5.74, 6) is -0.0426. The average molecular weight is 386 g/mol. The Labute approximate surface area is 168 Å². The van der Waals surface area contributed by atoms with Gasteiger partial charge in [-0.05, 0) is 12.8 Å². The van der Waals surface area contributed by atoms with Crippen LogP contribution in [0.3, 0.4) is 0 Å². The van der Waals surface area contributed by atoms with Crippen LogP contribution >= 0.6 is 0 Å². The second kappa shape index (κ2) is 20.1. The van der Waals surface area contributed by atoms with Gasteiger partial charge in [-0.25, -0.2) is 0 Å². The predicted octanol–water partition coefficient (Wildman–Crippen LogP) is 5.50. The summed E-state index contributed by atoms with van der Waals surface area (Å²) in [5.41, 5.74) is 0. The molecule has 0 aliphatic carbocycles. The highest BCUT2D eigenvalue weighted by atomic mass is 16.3. The summed E-state index contributed by atoms with van der Waals surface area (Å²) < 4.78 is 0. The summed E-state index contributed by atoms with van der Waals surface area (Å²) in [6.07, 6.45) is 18.6. The maximum atomic E-state index is 12.0. The topological polar surface area (TPSA) is 69.6 Å². The predicted molar refractivity (Wildman–Crippen MR) is 115 cm³/mol. The number of carbonyl (C=O) groups excluding carboxylic acids is 1. The van der Waals surface area contributed by atoms with Gasteiger partial charge < -0.3 is 15.5 Å². The SMILES string of the molecule is CCCCCCCCCCCC(=O)NC(CO)C(O)CCCCCCCC. The molecule has 4 heteroatoms. The van der Waals surface area contributed by atoms with E-state index in [-0.39, 0.29) is 12.5 Å². The zero-order valence-corrected chi connectivity index (χ0v) is 18.2. The zero-order valence-electron chi connectivity index (χ0n) is 18.2. The molecular weight excluding hydrogens is 338 g/mol. The van der Waals surface area contributed by atoms with E-state index >= 15 is 0 Å². The van der Waals surface area contributed by atoms with E-state index in [1.165, 1.54) is 70.6 Å². The summed E-state index contributed by atoms with van der Waals surface area (Å²) in [6.45, 7) is 4.24. The molecular formula is C23H47NO3. The lowest BCUT2D eigenvalue weighted by Gasteiger charge is -2.22. The van der Waals surface area contributed by atoms with Crippen molar-refractivity contribution in [3.05, 3.63) is 0 Å². The first-order valence-electron chi connectivity index (χ1n) is 11.7. The van der Waals surface area contributed by atoms with Gasteiger partial charge in [-0.2, -0.15) is 0 Å². The number of carbonyl (C=O) groups is 1. The molecule has 3 N–H and O–H groups in total. The maximum Gasteiger partial charge on any atom is 0.220 e. The zero-order chi connectivity index (χ0) is 20.2. The quantitative estimate of drug-likeness (QED) is 0.242. The van der Waals surface area contributed by atoms with Crippen LogP contribution < -0.4 is 5.32 Å². The summed E-state index contributed by atoms with van der Waals surface area (Å²) >= 11 is 0. The van der Waals surface area contributed by atoms with Crippen LogP contribution in [0, 0.1) is 0 Å². The van der Waals surface area contributed by atoms with Crippen molar-refractivity contribution in [3.8, 4) is 0 Å². The van der Waals surface area contributed by atoms with Crippen molar-refractivity contribution >= 4 is 5.91 Å². The van der Waals surface area contributed by atoms with E-state index in [1.54, 1.807) is 0 Å². The molecule has 0 heterocycles. The Hall–Kier alpha value is -0.610. The van der Waals surface area contributed by atoms with Crippen molar-refractivity contribution in [2.24, 2.45) is 0 Å². The summed E-state index contributed by atoms with van der Waals surface area (Å²) in [6, 6.07) is -0.522. The van der Waals surface area contributed by atoms with E-state index in [4.69, 9.17) is 0 Å². The number of rotatable bonds is 20. The third kappa shape index (κ3) is 17.2. The van der Waals surface area contributed by atoms with Crippen LogP contribution in [0.15, 0.2) is 0 Å². The van der Waals surface area contributed by atoms with E-state index in [0.717, 1.165) is 25.7 Å². The molecule has 0 rings (SSSR count). The Balaban J connectivity index is 3.67. The molecule has 0 saturated carbocycles. The minimum atomic E-state index is -0.645. The summed E-state index contributed by atoms with van der Waals surface area (Å²) in [5, 5.41) is 22.5. The van der Waals surface area contributed by atoms with Crippen LogP contribution in [-0.2, 0) is 4.79 Å². The van der Waals surface area contributed by atoms with Gasteiger partial charge in [0.15, 0.2) is 0 Å². The van der Waals surface area contributed by atoms with E-state index in [9.17, 15) is 15.0 Å². The van der Waals surface area contributed by atoms with Crippen LogP contribution in [0.1, 0.15) is 123 Å². The lowest BCUT2D eigenvalue weighted by Crippen LogP contribution is -2.45. The molecule has 4 nitrogen and oxygen atoms in total. The molecule has 0 bridgehead atoms. The maximum absolute atomic E-state index is 12.0. The molecule has 0 aliphatic heterocycles. The molecule has 0 aromatic heterocycles. The summed E-state index contributed by atoms with van der Waals surface area (Å²) in [7, 11) is 0. The molecule has 162 valence electrons. The van der Waals surface area contributed by atoms with Gasteiger partial charge in [0, 0.05) is 6.42 Å². The first-order chi connectivity index (χ1) is 13.2. The molecule has 0 aliphatic rings. The average Bonchev–Trinajstić information content (AvgIpc) is 2.67. The molecule has 0 radical (unpaired) electrons. The fourth-order valence-electron chi connectivity index (χ4n) is 3.47. The van der Waals surface area contributed by atoms with Gasteiger partial charge in [0.05, 0.1) is 18.8 Å². The highest BCUT2D eigenvalue weighted by Crippen LogP contribution is 2.12. The highest BCUT2D eigenvalue weighted by molar-refractivity contribution is 5.76. The number of hydrogen-bond acceptors (Lipinski definition) is 3. The molecule has 0 saturated heterocycles. The molecule has 1 amide bonds. The lowest BCUT2D eigenvalue weighted by atomic mass is 10.0. The highest BCUT2D eigenvalue weighted by Gasteiger charge is 2.19. The van der Waals surface area contributed by atoms with Gasteiger partial charge >= 0.3 is 0 Å². The molecule has 2 unspecified atom stereocenters. The number of aliphatic hydroxyl groups excluding tert-OH is 2. The van der Waals surface area contributed by atoms with Crippen LogP contribution in [0.2, 0.25) is 0 Å². The Bertz CT molecular complexity index is 323. The standard InChI is InChI=1S/C23H47NO3/c1-3-5-7-9-11-12-13-15-17-19-23(27)24-21(20-25)22(26)18-16-14-10-8-6-4-2/h21-22,25-26H,3-20H2,1-2H3,(H,24,27). The van der Waals surface area contributed by atoms with Gasteiger partial charge in [0.2, 0.25) is 5.91 Å². The Kier molecular flexibility index (Phi) is 19.7. The molecule has 0 fully saturated rings. The van der Waals surface area contributed by atoms with E-state index in [1.807, 2.05) is 0 Å². The second-order valence-corrected chi connectivity index (χ2v) is 8.06. The van der Waals surface area contributed by atoms with Crippen molar-refractivity contribution in [1.29, 1.82) is 0 Å². The van der Waals surface area contributed by atoms with Gasteiger partial charge in [0.25, 0.3) is 0 Å². The van der Waals surface area contributed by atoms with Gasteiger partial charge in [-0.3, -0.25) is 4.79 Å². The number of unbranched alkanes of at least 4 members (excludes halogenated alkanes) is 13. The number of hydrogen-bond donors (Lipinski definition) is 3. The van der Waals surface area contributed by atoms with Crippen molar-refractivity contribution in [1.82, 2.24) is 5.32 Å². The largest absolute Gasteiger partial charge is 0.394 e. The third-order valence-corrected chi connectivity index (χ3v) is 5.37. The van der Waals surface area contributed by atoms with Crippen LogP contribution in [0.25, 0.3) is 0 Å². The van der Waals surface area contributed by atoms with Crippen molar-refractivity contribution < 1.29 is 15.0 Å². The van der Waals surface area contributed by atoms with Crippen molar-refractivity contribution in [2.75, 3.05) is 6.61 Å². The van der Waals surface area contributed by atoms with Gasteiger partial charge in [-0.1, -0.05) is 104 Å². The fraction of sp³-hybridized carbons (Fsp3) is 0.957. The first-order valence-corrected chi connectivity index (χ1v) is 11.7. The monoisotopic (exact) mass is 385 g/mol. The number of aliphatic hydroxyl groups is 2. The molecule has 0 aromatic carbocycles. The van der Waals surface area contributed by atoms with E-state index < -0.39 is 12.1 Å². The Morgan fingerprint density at radius 1 is 0.741 bits per heavy atom. The minimum absolute atomic E-state index is 0.0426. The third-order valence-electron chi connectivity index (χ3n) is 5.37. The Morgan fingerprint density at radius 2 is 1.19 bits per heavy atom. The van der Waals surface area contributed by atoms with Crippen molar-refractivity contribution in [3.63, 3.8) is 0 Å². The normalized spacial score (nSPS) is 13.5. The molecule has 0 aromatic rings. The molecule has 27 heavy (non-hydrogen) atoms. The van der Waals surface area contributed by atoms with E-state index in [2.05, 4.69) is 19.2 Å². The molecule has 0 spiro atoms.